The van der Waals surface area contributed by atoms with Crippen LogP contribution in [0, 0.1) is 0 Å². The van der Waals surface area contributed by atoms with Crippen LogP contribution in [0.15, 0.2) is 54.6 Å². The van der Waals surface area contributed by atoms with E-state index in [1.807, 2.05) is 51.1 Å². The number of hydrazine groups is 1. The van der Waals surface area contributed by atoms with Gasteiger partial charge in [-0.3, -0.25) is 0 Å². The van der Waals surface area contributed by atoms with Crippen molar-refractivity contribution in [1.82, 2.24) is 13.7 Å². The zero-order valence-corrected chi connectivity index (χ0v) is 18.6. The first-order valence-electron chi connectivity index (χ1n) is 9.87. The molecule has 1 heterocycles. The highest BCUT2D eigenvalue weighted by atomic mass is 35.5. The summed E-state index contributed by atoms with van der Waals surface area (Å²) in [5.41, 5.74) is -0.0474. The summed E-state index contributed by atoms with van der Waals surface area (Å²) in [6.45, 7) is 6.83. The van der Waals surface area contributed by atoms with Crippen LogP contribution in [0.25, 0.3) is 0 Å². The maximum atomic E-state index is 13.6. The third-order valence-corrected chi connectivity index (χ3v) is 7.80. The lowest BCUT2D eigenvalue weighted by Gasteiger charge is -2.36. The fraction of sp³-hybridized carbons (Fsp3) is 0.429. The zero-order valence-electron chi connectivity index (χ0n) is 17.0. The molecule has 3 rings (SSSR count). The molecule has 2 aromatic carbocycles. The van der Waals surface area contributed by atoms with E-state index in [0.717, 1.165) is 0 Å². The third kappa shape index (κ3) is 3.95. The van der Waals surface area contributed by atoms with Gasteiger partial charge < -0.3 is 5.11 Å². The van der Waals surface area contributed by atoms with Crippen LogP contribution < -0.4 is 0 Å². The molecule has 0 amide bonds. The highest BCUT2D eigenvalue weighted by Crippen LogP contribution is 2.48. The lowest BCUT2D eigenvalue weighted by molar-refractivity contribution is 0.0208. The molecular weight excluding hydrogens is 410 g/mol. The van der Waals surface area contributed by atoms with Gasteiger partial charge in [0.1, 0.15) is 11.6 Å². The Hall–Kier alpha value is -1.48. The largest absolute Gasteiger partial charge is 0.382 e. The van der Waals surface area contributed by atoms with Gasteiger partial charge in [0, 0.05) is 31.2 Å². The van der Waals surface area contributed by atoms with E-state index in [2.05, 4.69) is 0 Å². The topological polar surface area (TPSA) is 64.1 Å². The summed E-state index contributed by atoms with van der Waals surface area (Å²) in [6, 6.07) is 15.4. The number of hydrogen-bond donors (Lipinski definition) is 1. The molecule has 1 aliphatic rings. The summed E-state index contributed by atoms with van der Waals surface area (Å²) >= 11 is 6.07. The molecule has 0 aromatic heterocycles. The molecule has 0 saturated carbocycles. The number of nitrogens with zero attached hydrogens (tertiary/aromatic N) is 3. The second kappa shape index (κ2) is 8.71. The fourth-order valence-corrected chi connectivity index (χ4v) is 6.05. The summed E-state index contributed by atoms with van der Waals surface area (Å²) in [5.74, 6) is 0. The summed E-state index contributed by atoms with van der Waals surface area (Å²) < 4.78 is 30.0. The van der Waals surface area contributed by atoms with Crippen LogP contribution in [0.1, 0.15) is 37.9 Å². The SMILES string of the molecule is CCN1CC(O)(c2ccccc2)C(c2ccc(Cl)cc2)N1S(=O)(=O)N(CC)CC. The Bertz CT molecular complexity index is 920. The van der Waals surface area contributed by atoms with Crippen LogP contribution in [-0.4, -0.2) is 53.4 Å². The lowest BCUT2D eigenvalue weighted by atomic mass is 9.84. The van der Waals surface area contributed by atoms with Gasteiger partial charge in [0.15, 0.2) is 0 Å². The maximum Gasteiger partial charge on any atom is 0.295 e. The Kier molecular flexibility index (Phi) is 6.67. The van der Waals surface area contributed by atoms with E-state index in [1.165, 1.54) is 8.72 Å². The van der Waals surface area contributed by atoms with Crippen LogP contribution in [-0.2, 0) is 15.8 Å². The van der Waals surface area contributed by atoms with Gasteiger partial charge in [-0.1, -0.05) is 74.8 Å². The summed E-state index contributed by atoms with van der Waals surface area (Å²) in [7, 11) is -3.85. The monoisotopic (exact) mass is 437 g/mol. The van der Waals surface area contributed by atoms with Crippen molar-refractivity contribution in [1.29, 1.82) is 0 Å². The highest BCUT2D eigenvalue weighted by molar-refractivity contribution is 7.86. The van der Waals surface area contributed by atoms with Crippen molar-refractivity contribution in [3.05, 3.63) is 70.7 Å². The van der Waals surface area contributed by atoms with Crippen LogP contribution in [0.4, 0.5) is 0 Å². The predicted octanol–water partition coefficient (Wildman–Crippen LogP) is 3.41. The first-order chi connectivity index (χ1) is 13.8. The average molecular weight is 438 g/mol. The van der Waals surface area contributed by atoms with Crippen LogP contribution in [0.2, 0.25) is 5.02 Å². The average Bonchev–Trinajstić information content (AvgIpc) is 3.04. The van der Waals surface area contributed by atoms with Crippen molar-refractivity contribution in [2.45, 2.75) is 32.4 Å². The molecule has 2 atom stereocenters. The van der Waals surface area contributed by atoms with Crippen molar-refractivity contribution >= 4 is 21.8 Å². The molecule has 0 spiro atoms. The summed E-state index contributed by atoms with van der Waals surface area (Å²) in [5, 5.41) is 14.2. The molecule has 1 saturated heterocycles. The smallest absolute Gasteiger partial charge is 0.295 e. The standard InChI is InChI=1S/C21H28ClN3O3S/c1-4-23-16-21(26,18-10-8-7-9-11-18)20(17-12-14-19(22)15-13-17)25(23)29(27,28)24(5-2)6-3/h7-15,20,26H,4-6,16H2,1-3H3. The fourth-order valence-electron chi connectivity index (χ4n) is 4.00. The minimum Gasteiger partial charge on any atom is -0.382 e. The molecule has 2 aromatic rings. The normalized spacial score (nSPS) is 23.7. The Morgan fingerprint density at radius 3 is 2.17 bits per heavy atom. The Morgan fingerprint density at radius 1 is 1.07 bits per heavy atom. The Balaban J connectivity index is 2.23. The second-order valence-electron chi connectivity index (χ2n) is 7.09. The quantitative estimate of drug-likeness (QED) is 0.721. The van der Waals surface area contributed by atoms with Crippen molar-refractivity contribution in [3.63, 3.8) is 0 Å². The van der Waals surface area contributed by atoms with Gasteiger partial charge >= 0.3 is 0 Å². The molecule has 1 fully saturated rings. The van der Waals surface area contributed by atoms with Crippen LogP contribution >= 0.6 is 11.6 Å². The van der Waals surface area contributed by atoms with Gasteiger partial charge in [-0.2, -0.15) is 12.7 Å². The molecular formula is C21H28ClN3O3S. The Labute approximate surface area is 178 Å². The number of rotatable bonds is 7. The van der Waals surface area contributed by atoms with Gasteiger partial charge in [0.25, 0.3) is 10.2 Å². The van der Waals surface area contributed by atoms with Crippen molar-refractivity contribution in [2.24, 2.45) is 0 Å². The lowest BCUT2D eigenvalue weighted by Crippen LogP contribution is -2.50. The molecule has 2 unspecified atom stereocenters. The number of benzene rings is 2. The van der Waals surface area contributed by atoms with E-state index < -0.39 is 21.9 Å². The number of likely N-dealkylation sites (N-methyl/N-ethyl adjacent to an activating group) is 1. The maximum absolute atomic E-state index is 13.6. The van der Waals surface area contributed by atoms with Gasteiger partial charge in [-0.25, -0.2) is 5.01 Å². The molecule has 29 heavy (non-hydrogen) atoms. The minimum absolute atomic E-state index is 0.168. The molecule has 158 valence electrons. The van der Waals surface area contributed by atoms with Crippen molar-refractivity contribution < 1.29 is 13.5 Å². The molecule has 6 nitrogen and oxygen atoms in total. The molecule has 1 aliphatic heterocycles. The first kappa shape index (κ1) is 22.2. The van der Waals surface area contributed by atoms with Crippen molar-refractivity contribution in [2.75, 3.05) is 26.2 Å². The van der Waals surface area contributed by atoms with Gasteiger partial charge in [0.2, 0.25) is 0 Å². The number of hydrogen-bond acceptors (Lipinski definition) is 4. The molecule has 0 aliphatic carbocycles. The van der Waals surface area contributed by atoms with E-state index in [9.17, 15) is 13.5 Å². The van der Waals surface area contributed by atoms with Crippen molar-refractivity contribution in [3.8, 4) is 0 Å². The zero-order chi connectivity index (χ0) is 21.2. The number of aliphatic hydroxyl groups is 1. The van der Waals surface area contributed by atoms with Gasteiger partial charge in [0.05, 0.1) is 0 Å². The molecule has 0 bridgehead atoms. The summed E-state index contributed by atoms with van der Waals surface area (Å²) in [4.78, 5) is 0. The van der Waals surface area contributed by atoms with E-state index >= 15 is 0 Å². The van der Waals surface area contributed by atoms with E-state index in [-0.39, 0.29) is 6.54 Å². The van der Waals surface area contributed by atoms with Gasteiger partial charge in [-0.05, 0) is 23.3 Å². The number of halogens is 1. The van der Waals surface area contributed by atoms with E-state index in [1.54, 1.807) is 29.3 Å². The van der Waals surface area contributed by atoms with E-state index in [0.29, 0.717) is 35.8 Å². The first-order valence-corrected chi connectivity index (χ1v) is 11.6. The Morgan fingerprint density at radius 2 is 1.66 bits per heavy atom. The minimum atomic E-state index is -3.85. The van der Waals surface area contributed by atoms with E-state index in [4.69, 9.17) is 11.6 Å². The predicted molar refractivity (Wildman–Crippen MR) is 115 cm³/mol. The molecule has 0 radical (unpaired) electrons. The molecule has 1 N–H and O–H groups in total. The van der Waals surface area contributed by atoms with Crippen LogP contribution in [0.3, 0.4) is 0 Å². The highest BCUT2D eigenvalue weighted by Gasteiger charge is 2.57. The number of β-amino-alcohol motifs (C(OH)–C–C–N with tert-alkyl or cyclic N) is 1. The summed E-state index contributed by atoms with van der Waals surface area (Å²) in [6.07, 6.45) is 0. The van der Waals surface area contributed by atoms with Crippen LogP contribution in [0.5, 0.6) is 0 Å². The third-order valence-electron chi connectivity index (χ3n) is 5.47. The second-order valence-corrected chi connectivity index (χ2v) is 9.31. The molecule has 8 heteroatoms. The van der Waals surface area contributed by atoms with Gasteiger partial charge in [-0.15, -0.1) is 4.41 Å².